The standard InChI is InChI=1S/C51H65N3O13/c1-25(2)14-13-20-52-21-23-63-33-17-18-34-36(24-33)66-48-40(53-34)37-38-44(58)31(8)47-39(37)49(60)51(10,67-47)64-22-19-35(62-11)28(5)46(65-32(9)55)30(7)43(57)29(6)42(56)26(3)15-12-16-27(4)50(61)54-41(48)45(38)59/h12,15-19,22,24-26,28-30,35,42-43,46,52,56-57,59H,13-14,20-21,23H2,1-11H3,(H,54,61)/b15-12+,22-19+,27-16-/t26-,28+,29+,30+,35-,42-,43+,46+,51-/m0/s1. The number of nitrogens with one attached hydrogen (secondary N) is 2. The van der Waals surface area contributed by atoms with Crippen LogP contribution in [-0.2, 0) is 23.8 Å². The number of aliphatic hydroxyl groups is 2. The van der Waals surface area contributed by atoms with Crippen LogP contribution in [0.3, 0.4) is 0 Å². The van der Waals surface area contributed by atoms with E-state index in [0.29, 0.717) is 30.3 Å². The predicted molar refractivity (Wildman–Crippen MR) is 254 cm³/mol. The van der Waals surface area contributed by atoms with Crippen molar-refractivity contribution in [3.8, 4) is 17.2 Å². The Labute approximate surface area is 390 Å². The molecule has 1 aromatic heterocycles. The van der Waals surface area contributed by atoms with E-state index >= 15 is 0 Å². The summed E-state index contributed by atoms with van der Waals surface area (Å²) < 4.78 is 36.4. The van der Waals surface area contributed by atoms with Gasteiger partial charge in [-0.15, -0.1) is 0 Å². The van der Waals surface area contributed by atoms with Gasteiger partial charge >= 0.3 is 11.8 Å². The lowest BCUT2D eigenvalue weighted by atomic mass is 9.78. The Hall–Kier alpha value is -5.81. The number of aromatic hydroxyl groups is 1. The van der Waals surface area contributed by atoms with E-state index in [4.69, 9.17) is 33.1 Å². The molecule has 3 aromatic carbocycles. The lowest BCUT2D eigenvalue weighted by molar-refractivity contribution is -0.160. The summed E-state index contributed by atoms with van der Waals surface area (Å²) in [5.41, 5.74) is -0.507. The van der Waals surface area contributed by atoms with Crippen LogP contribution in [0.2, 0.25) is 0 Å². The van der Waals surface area contributed by atoms with Gasteiger partial charge in [-0.25, -0.2) is 4.98 Å². The normalized spacial score (nSPS) is 28.0. The maximum Gasteiger partial charge on any atom is 0.312 e. The van der Waals surface area contributed by atoms with E-state index in [9.17, 15) is 34.5 Å². The third-order valence-electron chi connectivity index (χ3n) is 13.0. The Morgan fingerprint density at radius 1 is 1.00 bits per heavy atom. The Morgan fingerprint density at radius 3 is 2.42 bits per heavy atom. The molecule has 2 aliphatic rings. The number of methoxy groups -OCH3 is 1. The van der Waals surface area contributed by atoms with Crippen molar-refractivity contribution in [3.05, 3.63) is 75.7 Å². The van der Waals surface area contributed by atoms with Gasteiger partial charge in [0.05, 0.1) is 35.5 Å². The number of aromatic nitrogens is 1. The van der Waals surface area contributed by atoms with Crippen LogP contribution in [0, 0.1) is 36.5 Å². The number of hydrogen-bond acceptors (Lipinski definition) is 15. The molecule has 16 nitrogen and oxygen atoms in total. The minimum absolute atomic E-state index is 0.00885. The van der Waals surface area contributed by atoms with E-state index in [1.807, 2.05) is 0 Å². The molecular weight excluding hydrogens is 863 g/mol. The molecule has 5 N–H and O–H groups in total. The van der Waals surface area contributed by atoms with Gasteiger partial charge in [-0.3, -0.25) is 19.2 Å². The summed E-state index contributed by atoms with van der Waals surface area (Å²) >= 11 is 0. The van der Waals surface area contributed by atoms with Gasteiger partial charge < -0.3 is 54.1 Å². The number of carbonyl (C=O) groups excluding carboxylic acids is 3. The molecule has 6 rings (SSSR count). The predicted octanol–water partition coefficient (Wildman–Crippen LogP) is 7.40. The summed E-state index contributed by atoms with van der Waals surface area (Å²) in [6.45, 7) is 18.8. The monoisotopic (exact) mass is 927 g/mol. The van der Waals surface area contributed by atoms with E-state index < -0.39 is 82.7 Å². The molecule has 67 heavy (non-hydrogen) atoms. The molecule has 0 saturated heterocycles. The van der Waals surface area contributed by atoms with E-state index in [1.54, 1.807) is 58.0 Å². The summed E-state index contributed by atoms with van der Waals surface area (Å²) in [5, 5.41) is 40.9. The molecule has 4 aromatic rings. The largest absolute Gasteiger partial charge is 0.505 e. The van der Waals surface area contributed by atoms with Crippen LogP contribution in [0.1, 0.15) is 91.1 Å². The van der Waals surface area contributed by atoms with Gasteiger partial charge in [0.25, 0.3) is 11.7 Å². The van der Waals surface area contributed by atoms with E-state index in [2.05, 4.69) is 24.5 Å². The number of ketones is 1. The number of amides is 1. The van der Waals surface area contributed by atoms with Crippen LogP contribution >= 0.6 is 0 Å². The summed E-state index contributed by atoms with van der Waals surface area (Å²) in [6, 6.07) is 5.02. The summed E-state index contributed by atoms with van der Waals surface area (Å²) in [6.07, 6.45) is 5.79. The minimum atomic E-state index is -2.05. The number of anilines is 1. The number of ether oxygens (including phenoxy) is 5. The fraction of sp³-hybridized carbons (Fsp3) is 0.510. The average Bonchev–Trinajstić information content (AvgIpc) is 3.55. The molecule has 0 aliphatic carbocycles. The van der Waals surface area contributed by atoms with Crippen molar-refractivity contribution in [1.29, 1.82) is 0 Å². The Morgan fingerprint density at radius 2 is 1.73 bits per heavy atom. The molecular formula is C51H65N3O13. The molecule has 0 spiro atoms. The minimum Gasteiger partial charge on any atom is -0.505 e. The fourth-order valence-electron chi connectivity index (χ4n) is 8.88. The lowest BCUT2D eigenvalue weighted by Gasteiger charge is -2.38. The van der Waals surface area contributed by atoms with Crippen molar-refractivity contribution in [2.45, 2.75) is 112 Å². The number of hydrogen-bond donors (Lipinski definition) is 5. The summed E-state index contributed by atoms with van der Waals surface area (Å²) in [7, 11) is 1.45. The second-order valence-corrected chi connectivity index (χ2v) is 18.5. The van der Waals surface area contributed by atoms with Gasteiger partial charge in [0.2, 0.25) is 0 Å². The first-order valence-corrected chi connectivity index (χ1v) is 22.9. The molecule has 16 heteroatoms. The molecule has 0 unspecified atom stereocenters. The molecule has 2 aliphatic heterocycles. The topological polar surface area (TPSA) is 225 Å². The van der Waals surface area contributed by atoms with Gasteiger partial charge in [0.15, 0.2) is 22.3 Å². The van der Waals surface area contributed by atoms with E-state index in [-0.39, 0.29) is 55.6 Å². The number of rotatable bonds is 10. The SMILES string of the molecule is CO[C@H]1/C=C/O[C@@]2(C)Oc3c(C)c(=O)c4c(O)c(c5oc6cc(OCCNCCCC(C)C)ccc6nc5c4c3C2=O)NC(=O)/C(C)=C\C=C\[C@H](C)[C@H](O)[C@@H](C)[C@@H](O)[C@@H](C)[C@H](OC(C)=O)[C@@H]1C. The molecule has 0 radical (unpaired) electrons. The Balaban J connectivity index is 1.51. The van der Waals surface area contributed by atoms with Gasteiger partial charge in [0.1, 0.15) is 40.9 Å². The lowest BCUT2D eigenvalue weighted by Crippen LogP contribution is -2.46. The van der Waals surface area contributed by atoms with E-state index in [0.717, 1.165) is 19.4 Å². The van der Waals surface area contributed by atoms with Crippen molar-refractivity contribution in [2.24, 2.45) is 29.6 Å². The number of allylic oxidation sites excluding steroid dienone is 2. The maximum atomic E-state index is 14.7. The van der Waals surface area contributed by atoms with Crippen molar-refractivity contribution >= 4 is 56.3 Å². The van der Waals surface area contributed by atoms with Crippen LogP contribution in [0.25, 0.3) is 33.0 Å². The summed E-state index contributed by atoms with van der Waals surface area (Å²) in [4.78, 5) is 60.4. The van der Waals surface area contributed by atoms with Crippen molar-refractivity contribution in [1.82, 2.24) is 10.3 Å². The number of carbonyl (C=O) groups is 3. The Kier molecular flexibility index (Phi) is 15.9. The van der Waals surface area contributed by atoms with Gasteiger partial charge in [0, 0.05) is 73.8 Å². The summed E-state index contributed by atoms with van der Waals surface area (Å²) in [5.74, 6) is -6.17. The number of fused-ring (bicyclic) bond motifs is 2. The smallest absolute Gasteiger partial charge is 0.312 e. The van der Waals surface area contributed by atoms with Crippen LogP contribution in [0.4, 0.5) is 5.69 Å². The quantitative estimate of drug-likeness (QED) is 0.0343. The highest BCUT2D eigenvalue weighted by Crippen LogP contribution is 2.48. The van der Waals surface area contributed by atoms with Crippen molar-refractivity contribution in [2.75, 3.05) is 32.1 Å². The third-order valence-corrected chi connectivity index (χ3v) is 13.0. The number of Topliss-reactive ketones (excluding diaryl/α,β-unsaturated/α-hetero) is 1. The van der Waals surface area contributed by atoms with Gasteiger partial charge in [-0.05, 0) is 57.4 Å². The number of nitrogens with zero attached hydrogens (tertiary/aromatic N) is 1. The number of aliphatic hydroxyl groups excluding tert-OH is 2. The second-order valence-electron chi connectivity index (χ2n) is 18.5. The number of phenols is 1. The highest BCUT2D eigenvalue weighted by Gasteiger charge is 2.49. The molecule has 0 fully saturated rings. The first-order chi connectivity index (χ1) is 31.7. The van der Waals surface area contributed by atoms with Crippen LogP contribution in [0.5, 0.6) is 17.2 Å². The highest BCUT2D eigenvalue weighted by molar-refractivity contribution is 6.26. The second kappa shape index (κ2) is 21.0. The zero-order chi connectivity index (χ0) is 49.1. The van der Waals surface area contributed by atoms with Crippen LogP contribution in [0.15, 0.2) is 63.6 Å². The molecule has 9 atom stereocenters. The Bertz CT molecular complexity index is 2670. The number of benzene rings is 3. The molecule has 1 amide bonds. The van der Waals surface area contributed by atoms with Gasteiger partial charge in [-0.2, -0.15) is 0 Å². The van der Waals surface area contributed by atoms with Crippen molar-refractivity contribution < 1.29 is 57.8 Å². The van der Waals surface area contributed by atoms with Crippen LogP contribution < -0.4 is 25.5 Å². The first-order valence-electron chi connectivity index (χ1n) is 22.9. The zero-order valence-electron chi connectivity index (χ0n) is 40.2. The fourth-order valence-corrected chi connectivity index (χ4v) is 8.88. The molecule has 0 saturated carbocycles. The molecule has 362 valence electrons. The van der Waals surface area contributed by atoms with Crippen molar-refractivity contribution in [3.63, 3.8) is 0 Å². The van der Waals surface area contributed by atoms with Crippen LogP contribution in [-0.4, -0.2) is 95.0 Å². The zero-order valence-corrected chi connectivity index (χ0v) is 40.2. The number of phenolic OH excluding ortho intramolecular Hbond substituents is 1. The average molecular weight is 928 g/mol. The first kappa shape index (κ1) is 50.6. The highest BCUT2D eigenvalue weighted by atomic mass is 16.7. The maximum absolute atomic E-state index is 14.7. The molecule has 4 bridgehead atoms. The molecule has 3 heterocycles. The van der Waals surface area contributed by atoms with Gasteiger partial charge in [-0.1, -0.05) is 59.8 Å². The number of esters is 1. The third kappa shape index (κ3) is 10.5. The van der Waals surface area contributed by atoms with E-state index in [1.165, 1.54) is 53.2 Å².